The SMILES string of the molecule is C#N.CC(O)(c1ccc(N=C(N)/C(=C\NC2CCCCC2)C(N)=O)cn1)C(F)F. The maximum Gasteiger partial charge on any atom is 0.272 e. The highest BCUT2D eigenvalue weighted by Gasteiger charge is 2.35. The van der Waals surface area contributed by atoms with Crippen molar-refractivity contribution in [3.63, 3.8) is 0 Å². The number of primary amides is 1. The minimum atomic E-state index is -2.99. The van der Waals surface area contributed by atoms with Crippen molar-refractivity contribution in [3.05, 3.63) is 35.8 Å². The molecule has 1 unspecified atom stereocenters. The quantitative estimate of drug-likeness (QED) is 0.308. The van der Waals surface area contributed by atoms with Crippen LogP contribution in [-0.2, 0) is 10.4 Å². The lowest BCUT2D eigenvalue weighted by atomic mass is 9.95. The number of nitrogens with one attached hydrogen (secondary N) is 1. The maximum atomic E-state index is 12.8. The van der Waals surface area contributed by atoms with Crippen LogP contribution in [0.4, 0.5) is 14.5 Å². The molecule has 0 bridgehead atoms. The number of pyridine rings is 1. The number of nitriles is 1. The zero-order valence-electron chi connectivity index (χ0n) is 16.2. The average molecular weight is 408 g/mol. The zero-order valence-corrected chi connectivity index (χ0v) is 16.2. The molecule has 1 fully saturated rings. The summed E-state index contributed by atoms with van der Waals surface area (Å²) in [6.07, 6.45) is 5.15. The Morgan fingerprint density at radius 2 is 2.00 bits per heavy atom. The van der Waals surface area contributed by atoms with Crippen molar-refractivity contribution in [2.45, 2.75) is 57.1 Å². The Hall–Kier alpha value is -3.06. The van der Waals surface area contributed by atoms with Gasteiger partial charge in [0.2, 0.25) is 0 Å². The van der Waals surface area contributed by atoms with E-state index in [9.17, 15) is 18.7 Å². The molecule has 1 heterocycles. The number of nitrogens with two attached hydrogens (primary N) is 2. The second-order valence-corrected chi connectivity index (χ2v) is 6.77. The van der Waals surface area contributed by atoms with E-state index in [2.05, 4.69) is 21.9 Å². The van der Waals surface area contributed by atoms with Crippen LogP contribution in [0.3, 0.4) is 0 Å². The van der Waals surface area contributed by atoms with Crippen LogP contribution in [0.25, 0.3) is 0 Å². The number of hydrogen-bond acceptors (Lipinski definition) is 6. The molecule has 0 aliphatic heterocycles. The maximum absolute atomic E-state index is 12.8. The van der Waals surface area contributed by atoms with Crippen molar-refractivity contribution in [1.82, 2.24) is 10.3 Å². The standard InChI is InChI=1S/C18H25F2N5O2.CHN/c1-18(27,17(19)20)14-8-7-12(9-24-14)25-15(21)13(16(22)26)10-23-11-5-3-2-4-6-11;1-2/h7-11,17,23,27H,2-6H2,1H3,(H2,21,25)(H2,22,26);1H/b13-10+;. The van der Waals surface area contributed by atoms with Gasteiger partial charge in [0.1, 0.15) is 5.84 Å². The lowest BCUT2D eigenvalue weighted by molar-refractivity contribution is -0.114. The van der Waals surface area contributed by atoms with E-state index < -0.39 is 17.9 Å². The fourth-order valence-corrected chi connectivity index (χ4v) is 2.80. The van der Waals surface area contributed by atoms with Crippen LogP contribution in [0.5, 0.6) is 0 Å². The van der Waals surface area contributed by atoms with Crippen LogP contribution < -0.4 is 16.8 Å². The van der Waals surface area contributed by atoms with Crippen LogP contribution in [-0.4, -0.2) is 34.3 Å². The number of carbonyl (C=O) groups excluding carboxylic acids is 1. The van der Waals surface area contributed by atoms with Crippen molar-refractivity contribution >= 4 is 17.4 Å². The molecule has 0 radical (unpaired) electrons. The number of rotatable bonds is 7. The largest absolute Gasteiger partial charge is 0.387 e. The molecule has 0 spiro atoms. The Labute approximate surface area is 168 Å². The summed E-state index contributed by atoms with van der Waals surface area (Å²) in [5.41, 5.74) is 8.98. The number of amides is 1. The average Bonchev–Trinajstić information content (AvgIpc) is 2.70. The third-order valence-electron chi connectivity index (χ3n) is 4.55. The van der Waals surface area contributed by atoms with Crippen LogP contribution in [0.1, 0.15) is 44.7 Å². The molecule has 6 N–H and O–H groups in total. The lowest BCUT2D eigenvalue weighted by Gasteiger charge is -2.22. The Morgan fingerprint density at radius 1 is 1.38 bits per heavy atom. The molecule has 10 heteroatoms. The molecule has 158 valence electrons. The predicted molar refractivity (Wildman–Crippen MR) is 105 cm³/mol. The summed E-state index contributed by atoms with van der Waals surface area (Å²) in [6.45, 7) is 4.47. The highest BCUT2D eigenvalue weighted by atomic mass is 19.3. The monoisotopic (exact) mass is 408 g/mol. The molecular weight excluding hydrogens is 382 g/mol. The van der Waals surface area contributed by atoms with Crippen LogP contribution >= 0.6 is 0 Å². The normalized spacial score (nSPS) is 17.8. The van der Waals surface area contributed by atoms with Crippen LogP contribution in [0, 0.1) is 11.8 Å². The van der Waals surface area contributed by atoms with Gasteiger partial charge in [-0.25, -0.2) is 19.0 Å². The molecule has 0 saturated heterocycles. The number of nitrogens with zero attached hydrogens (tertiary/aromatic N) is 3. The van der Waals surface area contributed by atoms with Crippen molar-refractivity contribution in [2.24, 2.45) is 16.5 Å². The molecule has 1 saturated carbocycles. The third-order valence-corrected chi connectivity index (χ3v) is 4.55. The van der Waals surface area contributed by atoms with Crippen molar-refractivity contribution in [3.8, 4) is 6.57 Å². The Kier molecular flexibility index (Phi) is 9.15. The van der Waals surface area contributed by atoms with Crippen molar-refractivity contribution in [1.29, 1.82) is 5.26 Å². The van der Waals surface area contributed by atoms with E-state index in [-0.39, 0.29) is 28.8 Å². The molecule has 0 aromatic carbocycles. The van der Waals surface area contributed by atoms with Gasteiger partial charge in [-0.1, -0.05) is 19.3 Å². The topological polar surface area (TPSA) is 150 Å². The molecule has 1 aliphatic rings. The minimum absolute atomic E-state index is 0.0317. The molecular formula is C19H26F2N6O2. The van der Waals surface area contributed by atoms with E-state index in [0.29, 0.717) is 0 Å². The van der Waals surface area contributed by atoms with Crippen molar-refractivity contribution in [2.75, 3.05) is 0 Å². The summed E-state index contributed by atoms with van der Waals surface area (Å²) >= 11 is 0. The zero-order chi connectivity index (χ0) is 22.0. The van der Waals surface area contributed by atoms with Gasteiger partial charge < -0.3 is 21.9 Å². The number of aromatic nitrogens is 1. The summed E-state index contributed by atoms with van der Waals surface area (Å²) in [4.78, 5) is 19.6. The third kappa shape index (κ3) is 6.80. The van der Waals surface area contributed by atoms with E-state index >= 15 is 0 Å². The van der Waals surface area contributed by atoms with Gasteiger partial charge in [-0.05, 0) is 31.9 Å². The first-order chi connectivity index (χ1) is 13.7. The van der Waals surface area contributed by atoms with Crippen LogP contribution in [0.15, 0.2) is 35.1 Å². The fourth-order valence-electron chi connectivity index (χ4n) is 2.80. The highest BCUT2D eigenvalue weighted by Crippen LogP contribution is 2.27. The van der Waals surface area contributed by atoms with Gasteiger partial charge in [-0.15, -0.1) is 0 Å². The van der Waals surface area contributed by atoms with Gasteiger partial charge in [-0.2, -0.15) is 0 Å². The number of aliphatic imine (C=N–C) groups is 1. The number of halogens is 2. The smallest absolute Gasteiger partial charge is 0.272 e. The number of aliphatic hydroxyl groups is 1. The molecule has 1 aromatic rings. The molecule has 1 aromatic heterocycles. The molecule has 1 aliphatic carbocycles. The van der Waals surface area contributed by atoms with Gasteiger partial charge in [0.15, 0.2) is 5.60 Å². The number of amidine groups is 1. The first-order valence-corrected chi connectivity index (χ1v) is 9.05. The van der Waals surface area contributed by atoms with Gasteiger partial charge in [-0.3, -0.25) is 9.78 Å². The molecule has 29 heavy (non-hydrogen) atoms. The molecule has 1 amide bonds. The first kappa shape index (κ1) is 24.0. The van der Waals surface area contributed by atoms with E-state index in [1.54, 1.807) is 0 Å². The second kappa shape index (κ2) is 11.1. The molecule has 8 nitrogen and oxygen atoms in total. The fraction of sp³-hybridized carbons (Fsp3) is 0.474. The number of carbonyl (C=O) groups is 1. The van der Waals surface area contributed by atoms with E-state index in [1.165, 1.54) is 31.0 Å². The van der Waals surface area contributed by atoms with Gasteiger partial charge >= 0.3 is 0 Å². The molecule has 2 rings (SSSR count). The Balaban J connectivity index is 0.00000204. The Bertz CT molecular complexity index is 754. The summed E-state index contributed by atoms with van der Waals surface area (Å²) in [5.74, 6) is -0.842. The highest BCUT2D eigenvalue weighted by molar-refractivity contribution is 6.20. The first-order valence-electron chi connectivity index (χ1n) is 9.05. The predicted octanol–water partition coefficient (Wildman–Crippen LogP) is 1.97. The van der Waals surface area contributed by atoms with Crippen LogP contribution in [0.2, 0.25) is 0 Å². The van der Waals surface area contributed by atoms with E-state index in [4.69, 9.17) is 16.7 Å². The molecule has 1 atom stereocenters. The van der Waals surface area contributed by atoms with Gasteiger partial charge in [0.05, 0.1) is 23.2 Å². The second-order valence-electron chi connectivity index (χ2n) is 6.77. The summed E-state index contributed by atoms with van der Waals surface area (Å²) in [7, 11) is 0. The van der Waals surface area contributed by atoms with Crippen molar-refractivity contribution < 1.29 is 18.7 Å². The summed E-state index contributed by atoms with van der Waals surface area (Å²) in [5, 5.41) is 19.4. The lowest BCUT2D eigenvalue weighted by Crippen LogP contribution is -2.32. The minimum Gasteiger partial charge on any atom is -0.387 e. The number of alkyl halides is 2. The van der Waals surface area contributed by atoms with E-state index in [1.807, 2.05) is 0 Å². The summed E-state index contributed by atoms with van der Waals surface area (Å²) in [6, 6.07) is 2.87. The summed E-state index contributed by atoms with van der Waals surface area (Å²) < 4.78 is 25.7. The Morgan fingerprint density at radius 3 is 2.48 bits per heavy atom. The number of hydrogen-bond donors (Lipinski definition) is 4. The van der Waals surface area contributed by atoms with E-state index in [0.717, 1.165) is 32.6 Å². The van der Waals surface area contributed by atoms with Gasteiger partial charge in [0, 0.05) is 18.8 Å². The van der Waals surface area contributed by atoms with Gasteiger partial charge in [0.25, 0.3) is 12.3 Å².